The smallest absolute Gasteiger partial charge is 0.282 e. The maximum atomic E-state index is 12.5. The number of nitrogens with zero attached hydrogens (tertiary/aromatic N) is 1. The standard InChI is InChI=1S/C17H15Cl3N4O3S/c1-10-5-4-6-11(9-10)21-16(28)23-15(17(18,19)20)22-14(25)12-7-2-3-8-13(12)24(26)27/h2-9,15H,1H3,(H,22,25)(H2,21,23,28). The number of anilines is 1. The molecule has 28 heavy (non-hydrogen) atoms. The molecular weight excluding hydrogens is 447 g/mol. The Hall–Kier alpha value is -2.13. The number of carbonyl (C=O) groups is 1. The highest BCUT2D eigenvalue weighted by Crippen LogP contribution is 2.30. The third kappa shape index (κ3) is 6.20. The average Bonchev–Trinajstić information content (AvgIpc) is 2.60. The lowest BCUT2D eigenvalue weighted by Crippen LogP contribution is -2.56. The molecule has 7 nitrogen and oxygen atoms in total. The predicted molar refractivity (Wildman–Crippen MR) is 115 cm³/mol. The van der Waals surface area contributed by atoms with Gasteiger partial charge in [-0.2, -0.15) is 0 Å². The zero-order valence-electron chi connectivity index (χ0n) is 14.4. The predicted octanol–water partition coefficient (Wildman–Crippen LogP) is 4.32. The zero-order chi connectivity index (χ0) is 20.9. The normalized spacial score (nSPS) is 12.0. The SMILES string of the molecule is Cc1cccc(NC(=S)NC(NC(=O)c2ccccc2[N+](=O)[O-])C(Cl)(Cl)Cl)c1. The summed E-state index contributed by atoms with van der Waals surface area (Å²) in [6.07, 6.45) is -1.25. The van der Waals surface area contributed by atoms with Crippen LogP contribution in [-0.4, -0.2) is 25.9 Å². The summed E-state index contributed by atoms with van der Waals surface area (Å²) in [4.78, 5) is 23.0. The summed E-state index contributed by atoms with van der Waals surface area (Å²) >= 11 is 23.0. The molecule has 0 heterocycles. The summed E-state index contributed by atoms with van der Waals surface area (Å²) in [5.74, 6) is -0.797. The molecule has 0 fully saturated rings. The van der Waals surface area contributed by atoms with Crippen LogP contribution in [0.25, 0.3) is 0 Å². The van der Waals surface area contributed by atoms with Gasteiger partial charge in [-0.25, -0.2) is 0 Å². The number of hydrogen-bond donors (Lipinski definition) is 3. The van der Waals surface area contributed by atoms with E-state index in [-0.39, 0.29) is 16.4 Å². The summed E-state index contributed by atoms with van der Waals surface area (Å²) in [6.45, 7) is 1.92. The van der Waals surface area contributed by atoms with Crippen LogP contribution in [0, 0.1) is 17.0 Å². The molecule has 0 saturated carbocycles. The fraction of sp³-hybridized carbons (Fsp3) is 0.176. The van der Waals surface area contributed by atoms with Crippen molar-refractivity contribution < 1.29 is 9.72 Å². The minimum atomic E-state index is -1.99. The maximum Gasteiger partial charge on any atom is 0.282 e. The first-order valence-electron chi connectivity index (χ1n) is 7.83. The molecule has 2 aromatic rings. The van der Waals surface area contributed by atoms with E-state index in [1.165, 1.54) is 24.3 Å². The number of aryl methyl sites for hydroxylation is 1. The number of thiocarbonyl (C=S) groups is 1. The molecule has 0 aliphatic rings. The van der Waals surface area contributed by atoms with Crippen LogP contribution in [0.2, 0.25) is 0 Å². The van der Waals surface area contributed by atoms with Crippen LogP contribution in [0.4, 0.5) is 11.4 Å². The van der Waals surface area contributed by atoms with Crippen LogP contribution in [0.5, 0.6) is 0 Å². The number of rotatable bonds is 5. The maximum absolute atomic E-state index is 12.5. The van der Waals surface area contributed by atoms with E-state index in [0.717, 1.165) is 5.56 Å². The van der Waals surface area contributed by atoms with E-state index in [9.17, 15) is 14.9 Å². The molecule has 1 atom stereocenters. The minimum absolute atomic E-state index is 0.0878. The third-order valence-electron chi connectivity index (χ3n) is 3.50. The van der Waals surface area contributed by atoms with Crippen LogP contribution < -0.4 is 16.0 Å². The number of hydrogen-bond acceptors (Lipinski definition) is 4. The number of halogens is 3. The molecule has 2 aromatic carbocycles. The van der Waals surface area contributed by atoms with Gasteiger partial charge in [-0.05, 0) is 42.9 Å². The topological polar surface area (TPSA) is 96.3 Å². The molecule has 3 N–H and O–H groups in total. The van der Waals surface area contributed by atoms with Crippen molar-refractivity contribution in [3.63, 3.8) is 0 Å². The fourth-order valence-corrected chi connectivity index (χ4v) is 2.82. The van der Waals surface area contributed by atoms with E-state index < -0.39 is 20.8 Å². The summed E-state index contributed by atoms with van der Waals surface area (Å²) in [7, 11) is 0. The molecule has 1 unspecified atom stereocenters. The van der Waals surface area contributed by atoms with Gasteiger partial charge in [0.2, 0.25) is 3.79 Å². The molecule has 148 valence electrons. The van der Waals surface area contributed by atoms with Gasteiger partial charge in [-0.1, -0.05) is 59.1 Å². The van der Waals surface area contributed by atoms with Crippen molar-refractivity contribution in [1.82, 2.24) is 10.6 Å². The van der Waals surface area contributed by atoms with Crippen molar-refractivity contribution in [2.45, 2.75) is 16.9 Å². The highest BCUT2D eigenvalue weighted by Gasteiger charge is 2.36. The van der Waals surface area contributed by atoms with Gasteiger partial charge in [0.15, 0.2) is 5.11 Å². The largest absolute Gasteiger partial charge is 0.339 e. The second kappa shape index (κ2) is 9.38. The summed E-state index contributed by atoms with van der Waals surface area (Å²) in [5.41, 5.74) is 1.16. The van der Waals surface area contributed by atoms with Gasteiger partial charge in [0, 0.05) is 11.8 Å². The number of nitro groups is 1. The first-order chi connectivity index (χ1) is 13.1. The molecule has 0 saturated heterocycles. The molecule has 0 spiro atoms. The Morgan fingerprint density at radius 1 is 1.14 bits per heavy atom. The van der Waals surface area contributed by atoms with Crippen molar-refractivity contribution in [1.29, 1.82) is 0 Å². The summed E-state index contributed by atoms with van der Waals surface area (Å²) in [6, 6.07) is 12.8. The Morgan fingerprint density at radius 3 is 2.43 bits per heavy atom. The van der Waals surface area contributed by atoms with Crippen molar-refractivity contribution >= 4 is 69.4 Å². The van der Waals surface area contributed by atoms with Crippen molar-refractivity contribution in [2.24, 2.45) is 0 Å². The van der Waals surface area contributed by atoms with Gasteiger partial charge in [-0.15, -0.1) is 0 Å². The van der Waals surface area contributed by atoms with E-state index >= 15 is 0 Å². The molecule has 0 bridgehead atoms. The molecule has 2 rings (SSSR count). The Morgan fingerprint density at radius 2 is 1.82 bits per heavy atom. The lowest BCUT2D eigenvalue weighted by Gasteiger charge is -2.27. The van der Waals surface area contributed by atoms with Gasteiger partial charge in [-0.3, -0.25) is 14.9 Å². The summed E-state index contributed by atoms with van der Waals surface area (Å²) < 4.78 is -1.99. The second-order valence-electron chi connectivity index (χ2n) is 5.69. The van der Waals surface area contributed by atoms with Gasteiger partial charge >= 0.3 is 0 Å². The molecule has 0 aliphatic heterocycles. The fourth-order valence-electron chi connectivity index (χ4n) is 2.25. The molecule has 1 amide bonds. The van der Waals surface area contributed by atoms with Crippen molar-refractivity contribution in [3.8, 4) is 0 Å². The zero-order valence-corrected chi connectivity index (χ0v) is 17.5. The first-order valence-corrected chi connectivity index (χ1v) is 9.37. The molecule has 11 heteroatoms. The van der Waals surface area contributed by atoms with Crippen LogP contribution in [0.1, 0.15) is 15.9 Å². The van der Waals surface area contributed by atoms with Gasteiger partial charge in [0.1, 0.15) is 11.7 Å². The van der Waals surface area contributed by atoms with Crippen LogP contribution >= 0.6 is 47.0 Å². The second-order valence-corrected chi connectivity index (χ2v) is 8.47. The monoisotopic (exact) mass is 460 g/mol. The number of benzene rings is 2. The Labute approximate surface area is 181 Å². The number of alkyl halides is 3. The molecule has 0 radical (unpaired) electrons. The van der Waals surface area contributed by atoms with Crippen LogP contribution in [-0.2, 0) is 0 Å². The van der Waals surface area contributed by atoms with E-state index in [4.69, 9.17) is 47.0 Å². The molecule has 0 aromatic heterocycles. The molecular formula is C17H15Cl3N4O3S. The lowest BCUT2D eigenvalue weighted by molar-refractivity contribution is -0.385. The van der Waals surface area contributed by atoms with Gasteiger partial charge in [0.25, 0.3) is 11.6 Å². The number of amides is 1. The van der Waals surface area contributed by atoms with Crippen LogP contribution in [0.3, 0.4) is 0 Å². The van der Waals surface area contributed by atoms with Crippen molar-refractivity contribution in [3.05, 3.63) is 69.8 Å². The number of nitro benzene ring substituents is 1. The van der Waals surface area contributed by atoms with Gasteiger partial charge < -0.3 is 16.0 Å². The van der Waals surface area contributed by atoms with E-state index in [0.29, 0.717) is 5.69 Å². The Balaban J connectivity index is 2.15. The number of nitrogens with one attached hydrogen (secondary N) is 3. The van der Waals surface area contributed by atoms with Crippen molar-refractivity contribution in [2.75, 3.05) is 5.32 Å². The Kier molecular flexibility index (Phi) is 7.42. The van der Waals surface area contributed by atoms with Crippen LogP contribution in [0.15, 0.2) is 48.5 Å². The first kappa shape index (κ1) is 22.2. The minimum Gasteiger partial charge on any atom is -0.339 e. The Bertz CT molecular complexity index is 905. The van der Waals surface area contributed by atoms with Gasteiger partial charge in [0.05, 0.1) is 4.92 Å². The summed E-state index contributed by atoms with van der Waals surface area (Å²) in [5, 5.41) is 19.2. The number of carbonyl (C=O) groups excluding carboxylic acids is 1. The van der Waals surface area contributed by atoms with E-state index in [1.54, 1.807) is 6.07 Å². The van der Waals surface area contributed by atoms with E-state index in [2.05, 4.69) is 16.0 Å². The molecule has 0 aliphatic carbocycles. The highest BCUT2D eigenvalue weighted by atomic mass is 35.6. The lowest BCUT2D eigenvalue weighted by atomic mass is 10.1. The number of para-hydroxylation sites is 1. The van der Waals surface area contributed by atoms with E-state index in [1.807, 2.05) is 25.1 Å². The average molecular weight is 462 g/mol. The third-order valence-corrected chi connectivity index (χ3v) is 4.37. The highest BCUT2D eigenvalue weighted by molar-refractivity contribution is 7.80. The quantitative estimate of drug-likeness (QED) is 0.202.